The highest BCUT2D eigenvalue weighted by molar-refractivity contribution is 5.78. The molecule has 1 aromatic carbocycles. The maximum absolute atomic E-state index is 5.82. The lowest BCUT2D eigenvalue weighted by Gasteiger charge is -2.32. The summed E-state index contributed by atoms with van der Waals surface area (Å²) in [5, 5.41) is 0. The van der Waals surface area contributed by atoms with Crippen molar-refractivity contribution in [2.45, 2.75) is 26.7 Å². The second kappa shape index (κ2) is 4.76. The third-order valence-electron chi connectivity index (χ3n) is 4.15. The number of benzene rings is 1. The van der Waals surface area contributed by atoms with Crippen LogP contribution in [-0.2, 0) is 0 Å². The van der Waals surface area contributed by atoms with Gasteiger partial charge in [-0.15, -0.1) is 0 Å². The van der Waals surface area contributed by atoms with Crippen molar-refractivity contribution < 1.29 is 4.42 Å². The Balaban J connectivity index is 1.78. The van der Waals surface area contributed by atoms with E-state index in [2.05, 4.69) is 23.7 Å². The number of oxazole rings is 1. The van der Waals surface area contributed by atoms with E-state index in [9.17, 15) is 0 Å². The van der Waals surface area contributed by atoms with Crippen molar-refractivity contribution in [2.75, 3.05) is 23.7 Å². The quantitative estimate of drug-likeness (QED) is 0.841. The molecule has 0 amide bonds. The first kappa shape index (κ1) is 12.3. The third-order valence-corrected chi connectivity index (χ3v) is 4.15. The molecule has 0 spiro atoms. The molecule has 3 rings (SSSR count). The molecule has 0 bridgehead atoms. The molecular formula is C15H21N3O. The molecule has 2 N–H and O–H groups in total. The summed E-state index contributed by atoms with van der Waals surface area (Å²) in [7, 11) is 0. The van der Waals surface area contributed by atoms with Crippen molar-refractivity contribution >= 4 is 22.8 Å². The molecule has 1 aromatic heterocycles. The van der Waals surface area contributed by atoms with Gasteiger partial charge in [0.25, 0.3) is 6.01 Å². The molecule has 0 atom stereocenters. The van der Waals surface area contributed by atoms with Crippen molar-refractivity contribution in [1.82, 2.24) is 4.98 Å². The maximum atomic E-state index is 5.82. The van der Waals surface area contributed by atoms with Gasteiger partial charge in [0.2, 0.25) is 0 Å². The summed E-state index contributed by atoms with van der Waals surface area (Å²) in [6, 6.07) is 6.35. The Bertz CT molecular complexity index is 568. The molecule has 1 aliphatic rings. The Kier molecular flexibility index (Phi) is 3.09. The van der Waals surface area contributed by atoms with Crippen molar-refractivity contribution in [3.05, 3.63) is 18.2 Å². The molecule has 0 unspecified atom stereocenters. The number of piperidine rings is 1. The minimum Gasteiger partial charge on any atom is -0.423 e. The highest BCUT2D eigenvalue weighted by atomic mass is 16.4. The fraction of sp³-hybridized carbons (Fsp3) is 0.533. The highest BCUT2D eigenvalue weighted by Gasteiger charge is 2.24. The van der Waals surface area contributed by atoms with E-state index in [1.54, 1.807) is 0 Å². The third kappa shape index (κ3) is 2.39. The van der Waals surface area contributed by atoms with Crippen molar-refractivity contribution in [2.24, 2.45) is 11.8 Å². The number of nitrogens with zero attached hydrogens (tertiary/aromatic N) is 2. The van der Waals surface area contributed by atoms with Gasteiger partial charge < -0.3 is 15.1 Å². The molecule has 1 fully saturated rings. The number of hydrogen-bond donors (Lipinski definition) is 1. The first-order chi connectivity index (χ1) is 9.13. The smallest absolute Gasteiger partial charge is 0.298 e. The van der Waals surface area contributed by atoms with E-state index in [0.29, 0.717) is 5.69 Å². The molecule has 1 aliphatic heterocycles. The number of anilines is 2. The molecule has 0 saturated carbocycles. The molecular weight excluding hydrogens is 238 g/mol. The van der Waals surface area contributed by atoms with Crippen LogP contribution in [0.2, 0.25) is 0 Å². The van der Waals surface area contributed by atoms with Gasteiger partial charge in [-0.1, -0.05) is 13.8 Å². The molecule has 0 radical (unpaired) electrons. The molecule has 2 heterocycles. The van der Waals surface area contributed by atoms with Crippen LogP contribution in [0.5, 0.6) is 0 Å². The van der Waals surface area contributed by atoms with Crippen LogP contribution in [0.4, 0.5) is 11.7 Å². The summed E-state index contributed by atoms with van der Waals surface area (Å²) in [6.07, 6.45) is 2.44. The summed E-state index contributed by atoms with van der Waals surface area (Å²) in [5.74, 6) is 1.60. The number of hydrogen-bond acceptors (Lipinski definition) is 4. The van der Waals surface area contributed by atoms with E-state index in [1.165, 1.54) is 12.8 Å². The van der Waals surface area contributed by atoms with Crippen LogP contribution < -0.4 is 10.6 Å². The first-order valence-electron chi connectivity index (χ1n) is 7.04. The minimum absolute atomic E-state index is 0.716. The number of nitrogen functional groups attached to an aromatic ring is 1. The number of fused-ring (bicyclic) bond motifs is 1. The average Bonchev–Trinajstić information content (AvgIpc) is 2.81. The van der Waals surface area contributed by atoms with Gasteiger partial charge in [-0.05, 0) is 36.8 Å². The largest absolute Gasteiger partial charge is 0.423 e. The highest BCUT2D eigenvalue weighted by Crippen LogP contribution is 2.29. The number of rotatable bonds is 2. The lowest BCUT2D eigenvalue weighted by Crippen LogP contribution is -2.35. The zero-order chi connectivity index (χ0) is 13.4. The molecule has 4 nitrogen and oxygen atoms in total. The van der Waals surface area contributed by atoms with E-state index in [0.717, 1.165) is 42.0 Å². The van der Waals surface area contributed by atoms with Gasteiger partial charge in [0, 0.05) is 24.8 Å². The molecule has 0 aliphatic carbocycles. The summed E-state index contributed by atoms with van der Waals surface area (Å²) in [5.41, 5.74) is 8.14. The Hall–Kier alpha value is -1.71. The SMILES string of the molecule is CC(C)C1CCN(c2nc3ccc(N)cc3o2)CC1. The Morgan fingerprint density at radius 1 is 1.32 bits per heavy atom. The summed E-state index contributed by atoms with van der Waals surface area (Å²) in [6.45, 7) is 6.68. The Morgan fingerprint density at radius 3 is 2.74 bits per heavy atom. The molecule has 19 heavy (non-hydrogen) atoms. The Labute approximate surface area is 113 Å². The number of nitrogens with two attached hydrogens (primary N) is 1. The standard InChI is InChI=1S/C15H21N3O/c1-10(2)11-5-7-18(8-6-11)15-17-13-4-3-12(16)9-14(13)19-15/h3-4,9-11H,5-8,16H2,1-2H3. The molecule has 102 valence electrons. The lowest BCUT2D eigenvalue weighted by atomic mass is 9.87. The van der Waals surface area contributed by atoms with Crippen LogP contribution in [0.1, 0.15) is 26.7 Å². The van der Waals surface area contributed by atoms with Gasteiger partial charge in [-0.3, -0.25) is 0 Å². The predicted molar refractivity (Wildman–Crippen MR) is 78.2 cm³/mol. The number of aromatic nitrogens is 1. The Morgan fingerprint density at radius 2 is 2.05 bits per heavy atom. The lowest BCUT2D eigenvalue weighted by molar-refractivity contribution is 0.305. The monoisotopic (exact) mass is 259 g/mol. The summed E-state index contributed by atoms with van der Waals surface area (Å²) in [4.78, 5) is 6.80. The van der Waals surface area contributed by atoms with Crippen molar-refractivity contribution in [3.8, 4) is 0 Å². The van der Waals surface area contributed by atoms with Crippen LogP contribution in [-0.4, -0.2) is 18.1 Å². The molecule has 1 saturated heterocycles. The van der Waals surface area contributed by atoms with Crippen LogP contribution in [0.3, 0.4) is 0 Å². The van der Waals surface area contributed by atoms with Crippen molar-refractivity contribution in [1.29, 1.82) is 0 Å². The first-order valence-corrected chi connectivity index (χ1v) is 7.04. The zero-order valence-electron chi connectivity index (χ0n) is 11.6. The van der Waals surface area contributed by atoms with Crippen LogP contribution >= 0.6 is 0 Å². The fourth-order valence-electron chi connectivity index (χ4n) is 2.82. The second-order valence-electron chi connectivity index (χ2n) is 5.79. The van der Waals surface area contributed by atoms with Gasteiger partial charge in [-0.2, -0.15) is 4.98 Å². The normalized spacial score (nSPS) is 17.5. The molecule has 2 aromatic rings. The van der Waals surface area contributed by atoms with Gasteiger partial charge >= 0.3 is 0 Å². The minimum atomic E-state index is 0.716. The van der Waals surface area contributed by atoms with Crippen LogP contribution in [0.15, 0.2) is 22.6 Å². The van der Waals surface area contributed by atoms with Crippen molar-refractivity contribution in [3.63, 3.8) is 0 Å². The zero-order valence-corrected chi connectivity index (χ0v) is 11.6. The summed E-state index contributed by atoms with van der Waals surface area (Å²) < 4.78 is 5.82. The molecule has 4 heteroatoms. The van der Waals surface area contributed by atoms with E-state index in [-0.39, 0.29) is 0 Å². The van der Waals surface area contributed by atoms with Crippen LogP contribution in [0.25, 0.3) is 11.1 Å². The van der Waals surface area contributed by atoms with E-state index in [1.807, 2.05) is 18.2 Å². The topological polar surface area (TPSA) is 55.3 Å². The van der Waals surface area contributed by atoms with Gasteiger partial charge in [0.1, 0.15) is 5.52 Å². The van der Waals surface area contributed by atoms with E-state index in [4.69, 9.17) is 10.2 Å². The summed E-state index contributed by atoms with van der Waals surface area (Å²) >= 11 is 0. The van der Waals surface area contributed by atoms with E-state index < -0.39 is 0 Å². The van der Waals surface area contributed by atoms with Gasteiger partial charge in [-0.25, -0.2) is 0 Å². The van der Waals surface area contributed by atoms with Gasteiger partial charge in [0.15, 0.2) is 5.58 Å². The fourth-order valence-corrected chi connectivity index (χ4v) is 2.82. The maximum Gasteiger partial charge on any atom is 0.298 e. The van der Waals surface area contributed by atoms with Gasteiger partial charge in [0.05, 0.1) is 0 Å². The average molecular weight is 259 g/mol. The predicted octanol–water partition coefficient (Wildman–Crippen LogP) is 3.28. The second-order valence-corrected chi connectivity index (χ2v) is 5.79. The van der Waals surface area contributed by atoms with E-state index >= 15 is 0 Å². The van der Waals surface area contributed by atoms with Crippen LogP contribution in [0, 0.1) is 11.8 Å².